The van der Waals surface area contributed by atoms with Gasteiger partial charge in [0.1, 0.15) is 0 Å². The number of ether oxygens (including phenoxy) is 1. The van der Waals surface area contributed by atoms with E-state index >= 15 is 0 Å². The Morgan fingerprint density at radius 1 is 1.25 bits per heavy atom. The number of rotatable bonds is 2. The van der Waals surface area contributed by atoms with Gasteiger partial charge in [-0.1, -0.05) is 45.4 Å². The van der Waals surface area contributed by atoms with E-state index < -0.39 is 0 Å². The van der Waals surface area contributed by atoms with E-state index in [-0.39, 0.29) is 5.97 Å². The summed E-state index contributed by atoms with van der Waals surface area (Å²) >= 11 is 5.68. The summed E-state index contributed by atoms with van der Waals surface area (Å²) in [6.45, 7) is 10.1. The molecule has 16 heavy (non-hydrogen) atoms. The zero-order chi connectivity index (χ0) is 13.0. The number of esters is 1. The molecule has 0 aromatic heterocycles. The van der Waals surface area contributed by atoms with Crippen LogP contribution < -0.4 is 0 Å². The molecule has 0 N–H and O–H groups in total. The Bertz CT molecular complexity index is 285. The molecule has 1 aromatic rings. The second-order valence-electron chi connectivity index (χ2n) is 2.23. The Kier molecular flexibility index (Phi) is 13.1. The maximum Gasteiger partial charge on any atom is 0.338 e. The lowest BCUT2D eigenvalue weighted by atomic mass is 10.2. The summed E-state index contributed by atoms with van der Waals surface area (Å²) in [6, 6.07) is 6.68. The molecule has 0 heterocycles. The van der Waals surface area contributed by atoms with Crippen molar-refractivity contribution < 1.29 is 9.53 Å². The van der Waals surface area contributed by atoms with Gasteiger partial charge in [0.05, 0.1) is 12.2 Å². The molecule has 0 saturated carbocycles. The van der Waals surface area contributed by atoms with Crippen molar-refractivity contribution in [3.8, 4) is 0 Å². The third kappa shape index (κ3) is 7.30. The Labute approximate surface area is 104 Å². The number of hydrogen-bond acceptors (Lipinski definition) is 2. The van der Waals surface area contributed by atoms with Crippen LogP contribution in [0, 0.1) is 0 Å². The van der Waals surface area contributed by atoms with Crippen molar-refractivity contribution in [2.24, 2.45) is 0 Å². The van der Waals surface area contributed by atoms with Crippen LogP contribution in [-0.4, -0.2) is 12.6 Å². The Balaban J connectivity index is 0. The molecule has 0 atom stereocenters. The zero-order valence-corrected chi connectivity index (χ0v) is 11.5. The minimum atomic E-state index is -0.333. The largest absolute Gasteiger partial charge is 0.462 e. The first-order valence-electron chi connectivity index (χ1n) is 5.66. The molecule has 2 nitrogen and oxygen atoms in total. The number of benzene rings is 1. The highest BCUT2D eigenvalue weighted by Crippen LogP contribution is 2.11. The molecule has 0 aliphatic rings. The summed E-state index contributed by atoms with van der Waals surface area (Å²) in [5.74, 6) is -0.333. The molecule has 0 unspecified atom stereocenters. The van der Waals surface area contributed by atoms with Gasteiger partial charge in [0.25, 0.3) is 0 Å². The van der Waals surface area contributed by atoms with Crippen molar-refractivity contribution in [2.45, 2.75) is 34.6 Å². The fourth-order valence-corrected chi connectivity index (χ4v) is 1.02. The predicted octanol–water partition coefficient (Wildman–Crippen LogP) is 4.57. The van der Waals surface area contributed by atoms with Gasteiger partial charge in [0.15, 0.2) is 0 Å². The van der Waals surface area contributed by atoms with Gasteiger partial charge in [-0.2, -0.15) is 0 Å². The molecular weight excluding hydrogens is 224 g/mol. The third-order valence-corrected chi connectivity index (χ3v) is 1.57. The minimum absolute atomic E-state index is 0.333. The molecule has 0 amide bonds. The van der Waals surface area contributed by atoms with E-state index in [1.807, 2.05) is 27.7 Å². The fourth-order valence-electron chi connectivity index (χ4n) is 0.830. The smallest absolute Gasteiger partial charge is 0.338 e. The van der Waals surface area contributed by atoms with E-state index in [9.17, 15) is 4.79 Å². The van der Waals surface area contributed by atoms with Crippen LogP contribution in [0.15, 0.2) is 24.3 Å². The van der Waals surface area contributed by atoms with E-state index in [2.05, 4.69) is 0 Å². The topological polar surface area (TPSA) is 26.3 Å². The number of carbonyl (C=O) groups excluding carboxylic acids is 1. The van der Waals surface area contributed by atoms with Gasteiger partial charge in [-0.15, -0.1) is 0 Å². The molecule has 1 aromatic carbocycles. The Hall–Kier alpha value is -1.02. The standard InChI is InChI=1S/C9H9ClO2.2C2H6/c1-2-12-9(11)7-4-3-5-8(10)6-7;2*1-2/h3-6H,2H2,1H3;2*1-2H3. The monoisotopic (exact) mass is 244 g/mol. The quantitative estimate of drug-likeness (QED) is 0.713. The number of halogens is 1. The molecule has 0 bridgehead atoms. The van der Waals surface area contributed by atoms with Crippen LogP contribution in [0.4, 0.5) is 0 Å². The van der Waals surface area contributed by atoms with E-state index in [4.69, 9.17) is 16.3 Å². The lowest BCUT2D eigenvalue weighted by Crippen LogP contribution is -2.03. The summed E-state index contributed by atoms with van der Waals surface area (Å²) in [4.78, 5) is 11.1. The first-order chi connectivity index (χ1) is 7.74. The zero-order valence-electron chi connectivity index (χ0n) is 10.7. The van der Waals surface area contributed by atoms with E-state index in [0.717, 1.165) is 0 Å². The molecule has 1 rings (SSSR count). The van der Waals surface area contributed by atoms with Crippen molar-refractivity contribution in [3.63, 3.8) is 0 Å². The number of hydrogen-bond donors (Lipinski definition) is 0. The lowest BCUT2D eigenvalue weighted by Gasteiger charge is -2.00. The Morgan fingerprint density at radius 3 is 2.25 bits per heavy atom. The van der Waals surface area contributed by atoms with Crippen LogP contribution in [0.25, 0.3) is 0 Å². The van der Waals surface area contributed by atoms with Crippen LogP contribution in [0.3, 0.4) is 0 Å². The molecule has 0 saturated heterocycles. The van der Waals surface area contributed by atoms with Crippen molar-refractivity contribution in [1.82, 2.24) is 0 Å². The molecule has 3 heteroatoms. The average molecular weight is 245 g/mol. The molecule has 0 fully saturated rings. The van der Waals surface area contributed by atoms with Crippen molar-refractivity contribution >= 4 is 17.6 Å². The number of carbonyl (C=O) groups is 1. The van der Waals surface area contributed by atoms with Gasteiger partial charge in [-0.25, -0.2) is 4.79 Å². The summed E-state index contributed by atoms with van der Waals surface area (Å²) in [6.07, 6.45) is 0. The predicted molar refractivity (Wildman–Crippen MR) is 70.1 cm³/mol. The van der Waals surface area contributed by atoms with E-state index in [1.54, 1.807) is 31.2 Å². The lowest BCUT2D eigenvalue weighted by molar-refractivity contribution is 0.0526. The average Bonchev–Trinajstić information content (AvgIpc) is 2.34. The minimum Gasteiger partial charge on any atom is -0.462 e. The highest BCUT2D eigenvalue weighted by Gasteiger charge is 2.04. The van der Waals surface area contributed by atoms with Crippen LogP contribution in [-0.2, 0) is 4.74 Å². The summed E-state index contributed by atoms with van der Waals surface area (Å²) in [5, 5.41) is 0.542. The highest BCUT2D eigenvalue weighted by atomic mass is 35.5. The molecular formula is C13H21ClO2. The normalized spacial score (nSPS) is 7.88. The van der Waals surface area contributed by atoms with Gasteiger partial charge in [-0.3, -0.25) is 0 Å². The maximum absolute atomic E-state index is 11.1. The van der Waals surface area contributed by atoms with Crippen molar-refractivity contribution in [2.75, 3.05) is 6.61 Å². The van der Waals surface area contributed by atoms with Crippen LogP contribution >= 0.6 is 11.6 Å². The molecule has 0 spiro atoms. The molecule has 0 aliphatic heterocycles. The van der Waals surface area contributed by atoms with Gasteiger partial charge in [-0.05, 0) is 25.1 Å². The van der Waals surface area contributed by atoms with Gasteiger partial charge in [0.2, 0.25) is 0 Å². The molecule has 0 aliphatic carbocycles. The third-order valence-electron chi connectivity index (χ3n) is 1.34. The van der Waals surface area contributed by atoms with Crippen LogP contribution in [0.5, 0.6) is 0 Å². The van der Waals surface area contributed by atoms with Gasteiger partial charge in [0, 0.05) is 5.02 Å². The molecule has 92 valence electrons. The van der Waals surface area contributed by atoms with Gasteiger partial charge >= 0.3 is 5.97 Å². The van der Waals surface area contributed by atoms with Crippen molar-refractivity contribution in [3.05, 3.63) is 34.9 Å². The summed E-state index contributed by atoms with van der Waals surface area (Å²) in [5.41, 5.74) is 0.490. The van der Waals surface area contributed by atoms with Crippen LogP contribution in [0.1, 0.15) is 45.0 Å². The van der Waals surface area contributed by atoms with Crippen LogP contribution in [0.2, 0.25) is 5.02 Å². The fraction of sp³-hybridized carbons (Fsp3) is 0.462. The SMILES string of the molecule is CC.CC.CCOC(=O)c1cccc(Cl)c1. The summed E-state index contributed by atoms with van der Waals surface area (Å²) < 4.78 is 4.79. The second-order valence-corrected chi connectivity index (χ2v) is 2.67. The van der Waals surface area contributed by atoms with E-state index in [0.29, 0.717) is 17.2 Å². The molecule has 0 radical (unpaired) electrons. The second kappa shape index (κ2) is 12.1. The van der Waals surface area contributed by atoms with Crippen molar-refractivity contribution in [1.29, 1.82) is 0 Å². The van der Waals surface area contributed by atoms with E-state index in [1.165, 1.54) is 0 Å². The maximum atomic E-state index is 11.1. The first kappa shape index (κ1) is 17.4. The first-order valence-corrected chi connectivity index (χ1v) is 6.04. The summed E-state index contributed by atoms with van der Waals surface area (Å²) in [7, 11) is 0. The highest BCUT2D eigenvalue weighted by molar-refractivity contribution is 6.30. The Morgan fingerprint density at radius 2 is 1.81 bits per heavy atom. The van der Waals surface area contributed by atoms with Gasteiger partial charge < -0.3 is 4.74 Å².